The summed E-state index contributed by atoms with van der Waals surface area (Å²) < 4.78 is 0. The van der Waals surface area contributed by atoms with Gasteiger partial charge in [-0.05, 0) is 18.1 Å². The molecule has 0 atom stereocenters. The molecule has 1 aromatic carbocycles. The van der Waals surface area contributed by atoms with Crippen molar-refractivity contribution in [2.45, 2.75) is 13.3 Å². The minimum atomic E-state index is -0.854. The van der Waals surface area contributed by atoms with E-state index >= 15 is 0 Å². The number of aliphatic carboxylic acids is 1. The number of hydrogen-bond acceptors (Lipinski definition) is 2. The van der Waals surface area contributed by atoms with Crippen LogP contribution in [0, 0.1) is 6.92 Å². The Labute approximate surface area is 88.0 Å². The first-order valence-electron chi connectivity index (χ1n) is 4.57. The zero-order valence-corrected chi connectivity index (χ0v) is 8.43. The van der Waals surface area contributed by atoms with E-state index in [1.165, 1.54) is 0 Å². The van der Waals surface area contributed by atoms with Crippen LogP contribution in [-0.2, 0) is 4.79 Å². The van der Waals surface area contributed by atoms with E-state index in [0.717, 1.165) is 17.4 Å². The summed E-state index contributed by atoms with van der Waals surface area (Å²) in [6.07, 6.45) is 4.13. The zero-order valence-electron chi connectivity index (χ0n) is 8.43. The molecule has 1 rings (SSSR count). The van der Waals surface area contributed by atoms with Gasteiger partial charge in [0.05, 0.1) is 6.42 Å². The maximum atomic E-state index is 10.5. The number of carbonyl (C=O) groups is 2. The van der Waals surface area contributed by atoms with Gasteiger partial charge in [0.1, 0.15) is 6.29 Å². The fourth-order valence-corrected chi connectivity index (χ4v) is 1.23. The van der Waals surface area contributed by atoms with Crippen LogP contribution in [0.5, 0.6) is 0 Å². The average Bonchev–Trinajstić information content (AvgIpc) is 2.17. The van der Waals surface area contributed by atoms with E-state index in [-0.39, 0.29) is 6.42 Å². The minimum absolute atomic E-state index is 0.00841. The van der Waals surface area contributed by atoms with Gasteiger partial charge in [-0.1, -0.05) is 30.4 Å². The van der Waals surface area contributed by atoms with Crippen molar-refractivity contribution in [3.05, 3.63) is 41.0 Å². The van der Waals surface area contributed by atoms with Crippen LogP contribution >= 0.6 is 0 Å². The van der Waals surface area contributed by atoms with Crippen LogP contribution in [0.3, 0.4) is 0 Å². The van der Waals surface area contributed by atoms with Gasteiger partial charge in [0.2, 0.25) is 0 Å². The summed E-state index contributed by atoms with van der Waals surface area (Å²) in [6.45, 7) is 1.85. The van der Waals surface area contributed by atoms with Crippen LogP contribution in [0.2, 0.25) is 0 Å². The molecule has 3 heteroatoms. The first-order chi connectivity index (χ1) is 7.13. The van der Waals surface area contributed by atoms with Crippen molar-refractivity contribution in [2.75, 3.05) is 0 Å². The van der Waals surface area contributed by atoms with Crippen LogP contribution in [0.1, 0.15) is 27.9 Å². The summed E-state index contributed by atoms with van der Waals surface area (Å²) in [5, 5.41) is 8.43. The number of aldehydes is 1. The number of hydrogen-bond donors (Lipinski definition) is 1. The molecular formula is C12H12O3. The molecule has 1 aromatic rings. The Morgan fingerprint density at radius 3 is 2.73 bits per heavy atom. The number of rotatable bonds is 4. The Morgan fingerprint density at radius 1 is 1.47 bits per heavy atom. The third-order valence-electron chi connectivity index (χ3n) is 2.02. The van der Waals surface area contributed by atoms with E-state index in [2.05, 4.69) is 0 Å². The number of carboxylic acids is 1. The highest BCUT2D eigenvalue weighted by Crippen LogP contribution is 2.10. The Kier molecular flexibility index (Phi) is 3.80. The lowest BCUT2D eigenvalue weighted by Gasteiger charge is -1.99. The maximum absolute atomic E-state index is 10.5. The van der Waals surface area contributed by atoms with Gasteiger partial charge in [-0.3, -0.25) is 9.59 Å². The molecule has 0 amide bonds. The second-order valence-corrected chi connectivity index (χ2v) is 3.23. The lowest BCUT2D eigenvalue weighted by Crippen LogP contribution is -1.90. The molecule has 0 fully saturated rings. The zero-order chi connectivity index (χ0) is 11.3. The monoisotopic (exact) mass is 204 g/mol. The highest BCUT2D eigenvalue weighted by molar-refractivity contribution is 5.78. The Balaban J connectivity index is 2.79. The quantitative estimate of drug-likeness (QED) is 0.765. The molecule has 0 aromatic heterocycles. The van der Waals surface area contributed by atoms with Crippen molar-refractivity contribution in [3.8, 4) is 0 Å². The molecule has 15 heavy (non-hydrogen) atoms. The summed E-state index contributed by atoms with van der Waals surface area (Å²) in [5.74, 6) is -0.854. The second-order valence-electron chi connectivity index (χ2n) is 3.23. The molecule has 0 unspecified atom stereocenters. The summed E-state index contributed by atoms with van der Waals surface area (Å²) in [6, 6.07) is 5.36. The van der Waals surface area contributed by atoms with E-state index in [4.69, 9.17) is 5.11 Å². The smallest absolute Gasteiger partial charge is 0.307 e. The van der Waals surface area contributed by atoms with Gasteiger partial charge < -0.3 is 5.11 Å². The SMILES string of the molecule is Cc1cc(C=CCC(=O)O)ccc1C=O. The first-order valence-corrected chi connectivity index (χ1v) is 4.57. The Morgan fingerprint density at radius 2 is 2.20 bits per heavy atom. The van der Waals surface area contributed by atoms with Gasteiger partial charge >= 0.3 is 5.97 Å². The van der Waals surface area contributed by atoms with Crippen molar-refractivity contribution < 1.29 is 14.7 Å². The Bertz CT molecular complexity index is 405. The number of carbonyl (C=O) groups excluding carboxylic acids is 1. The van der Waals surface area contributed by atoms with Crippen LogP contribution in [0.25, 0.3) is 6.08 Å². The molecule has 0 radical (unpaired) electrons. The molecule has 0 aliphatic rings. The predicted molar refractivity (Wildman–Crippen MR) is 57.9 cm³/mol. The average molecular weight is 204 g/mol. The molecule has 1 N–H and O–H groups in total. The molecule has 0 saturated heterocycles. The van der Waals surface area contributed by atoms with Crippen LogP contribution in [0.15, 0.2) is 24.3 Å². The highest BCUT2D eigenvalue weighted by atomic mass is 16.4. The first kappa shape index (κ1) is 11.2. The van der Waals surface area contributed by atoms with Crippen molar-refractivity contribution in [2.24, 2.45) is 0 Å². The van der Waals surface area contributed by atoms with Gasteiger partial charge in [-0.25, -0.2) is 0 Å². The van der Waals surface area contributed by atoms with E-state index in [1.54, 1.807) is 24.3 Å². The molecule has 0 spiro atoms. The molecule has 0 aliphatic carbocycles. The van der Waals surface area contributed by atoms with Gasteiger partial charge in [0.25, 0.3) is 0 Å². The normalized spacial score (nSPS) is 10.5. The number of carboxylic acid groups (broad SMARTS) is 1. The molecule has 0 saturated carbocycles. The number of aryl methyl sites for hydroxylation is 1. The molecule has 0 aliphatic heterocycles. The van der Waals surface area contributed by atoms with Gasteiger partial charge in [0.15, 0.2) is 0 Å². The summed E-state index contributed by atoms with van der Waals surface area (Å²) in [7, 11) is 0. The van der Waals surface area contributed by atoms with Crippen LogP contribution in [-0.4, -0.2) is 17.4 Å². The van der Waals surface area contributed by atoms with E-state index in [0.29, 0.717) is 5.56 Å². The highest BCUT2D eigenvalue weighted by Gasteiger charge is 1.96. The maximum Gasteiger partial charge on any atom is 0.307 e. The van der Waals surface area contributed by atoms with Gasteiger partial charge in [-0.2, -0.15) is 0 Å². The van der Waals surface area contributed by atoms with Crippen molar-refractivity contribution in [1.82, 2.24) is 0 Å². The summed E-state index contributed by atoms with van der Waals surface area (Å²) in [4.78, 5) is 20.8. The minimum Gasteiger partial charge on any atom is -0.481 e. The standard InChI is InChI=1S/C12H12O3/c1-9-7-10(3-2-4-12(14)15)5-6-11(9)8-13/h2-3,5-8H,4H2,1H3,(H,14,15). The van der Waals surface area contributed by atoms with Crippen molar-refractivity contribution >= 4 is 18.3 Å². The third-order valence-corrected chi connectivity index (χ3v) is 2.02. The third kappa shape index (κ3) is 3.38. The van der Waals surface area contributed by atoms with Crippen LogP contribution in [0.4, 0.5) is 0 Å². The predicted octanol–water partition coefficient (Wildman–Crippen LogP) is 2.30. The van der Waals surface area contributed by atoms with E-state index in [9.17, 15) is 9.59 Å². The topological polar surface area (TPSA) is 54.4 Å². The summed E-state index contributed by atoms with van der Waals surface area (Å²) >= 11 is 0. The lowest BCUT2D eigenvalue weighted by molar-refractivity contribution is -0.135. The van der Waals surface area contributed by atoms with Gasteiger partial charge in [-0.15, -0.1) is 0 Å². The van der Waals surface area contributed by atoms with E-state index in [1.807, 2.05) is 13.0 Å². The molecular weight excluding hydrogens is 192 g/mol. The fourth-order valence-electron chi connectivity index (χ4n) is 1.23. The fraction of sp³-hybridized carbons (Fsp3) is 0.167. The molecule has 78 valence electrons. The van der Waals surface area contributed by atoms with Crippen molar-refractivity contribution in [1.29, 1.82) is 0 Å². The lowest BCUT2D eigenvalue weighted by atomic mass is 10.1. The largest absolute Gasteiger partial charge is 0.481 e. The van der Waals surface area contributed by atoms with Gasteiger partial charge in [0, 0.05) is 5.56 Å². The molecule has 0 heterocycles. The molecule has 3 nitrogen and oxygen atoms in total. The van der Waals surface area contributed by atoms with Crippen LogP contribution < -0.4 is 0 Å². The second kappa shape index (κ2) is 5.10. The molecule has 0 bridgehead atoms. The van der Waals surface area contributed by atoms with E-state index < -0.39 is 5.97 Å². The number of benzene rings is 1. The summed E-state index contributed by atoms with van der Waals surface area (Å²) in [5.41, 5.74) is 2.45. The van der Waals surface area contributed by atoms with Crippen molar-refractivity contribution in [3.63, 3.8) is 0 Å². The Hall–Kier alpha value is -1.90.